The molecule has 2 rings (SSSR count). The van der Waals surface area contributed by atoms with Gasteiger partial charge in [-0.1, -0.05) is 41.4 Å². The summed E-state index contributed by atoms with van der Waals surface area (Å²) in [5.74, 6) is -0.587. The van der Waals surface area contributed by atoms with Crippen molar-refractivity contribution in [2.75, 3.05) is 11.9 Å². The first kappa shape index (κ1) is 14.3. The Balaban J connectivity index is 2.28. The van der Waals surface area contributed by atoms with Crippen LogP contribution in [0, 0.1) is 6.92 Å². The average molecular weight is 291 g/mol. The van der Waals surface area contributed by atoms with Crippen molar-refractivity contribution < 1.29 is 9.90 Å². The van der Waals surface area contributed by atoms with Gasteiger partial charge in [0.25, 0.3) is 0 Å². The fourth-order valence-electron chi connectivity index (χ4n) is 2.02. The number of rotatable bonds is 4. The molecule has 4 nitrogen and oxygen atoms in total. The largest absolute Gasteiger partial charge is 0.478 e. The van der Waals surface area contributed by atoms with E-state index in [4.69, 9.17) is 16.7 Å². The highest BCUT2D eigenvalue weighted by Crippen LogP contribution is 2.27. The molecule has 0 atom stereocenters. The first-order chi connectivity index (χ1) is 9.49. The number of carboxylic acids is 1. The predicted molar refractivity (Wildman–Crippen MR) is 79.5 cm³/mol. The number of carboxylic acid groups (broad SMARTS) is 1. The topological polar surface area (TPSA) is 53.4 Å². The van der Waals surface area contributed by atoms with Gasteiger partial charge in [-0.25, -0.2) is 9.78 Å². The number of hydrogen-bond acceptors (Lipinski definition) is 3. The highest BCUT2D eigenvalue weighted by atomic mass is 35.5. The molecule has 0 aliphatic heterocycles. The molecule has 0 spiro atoms. The van der Waals surface area contributed by atoms with Crippen molar-refractivity contribution in [3.8, 4) is 0 Å². The molecule has 20 heavy (non-hydrogen) atoms. The van der Waals surface area contributed by atoms with Crippen LogP contribution >= 0.6 is 11.6 Å². The molecule has 0 fully saturated rings. The van der Waals surface area contributed by atoms with Gasteiger partial charge in [0, 0.05) is 19.8 Å². The zero-order chi connectivity index (χ0) is 14.7. The van der Waals surface area contributed by atoms with Crippen LogP contribution in [0.15, 0.2) is 36.5 Å². The third kappa shape index (κ3) is 3.08. The normalized spacial score (nSPS) is 10.3. The second-order valence-electron chi connectivity index (χ2n) is 4.65. The number of carbonyl (C=O) groups is 1. The van der Waals surface area contributed by atoms with E-state index in [2.05, 4.69) is 11.1 Å². The molecule has 0 aliphatic carbocycles. The molecular formula is C15H15ClN2O2. The Kier molecular flexibility index (Phi) is 4.25. The maximum atomic E-state index is 11.1. The number of aromatic carboxylic acids is 1. The van der Waals surface area contributed by atoms with Crippen molar-refractivity contribution in [2.45, 2.75) is 13.5 Å². The minimum Gasteiger partial charge on any atom is -0.478 e. The number of nitrogens with zero attached hydrogens (tertiary/aromatic N) is 2. The fraction of sp³-hybridized carbons (Fsp3) is 0.200. The van der Waals surface area contributed by atoms with Crippen LogP contribution in [0.5, 0.6) is 0 Å². The Labute approximate surface area is 122 Å². The van der Waals surface area contributed by atoms with Gasteiger partial charge in [-0.2, -0.15) is 0 Å². The monoisotopic (exact) mass is 290 g/mol. The Bertz CT molecular complexity index is 644. The molecule has 2 aromatic rings. The summed E-state index contributed by atoms with van der Waals surface area (Å²) in [6.07, 6.45) is 1.46. The van der Waals surface area contributed by atoms with Gasteiger partial charge >= 0.3 is 5.97 Å². The molecule has 1 aromatic heterocycles. The van der Waals surface area contributed by atoms with E-state index in [1.807, 2.05) is 37.1 Å². The number of aromatic nitrogens is 1. The van der Waals surface area contributed by atoms with Crippen molar-refractivity contribution in [3.63, 3.8) is 0 Å². The van der Waals surface area contributed by atoms with Crippen molar-refractivity contribution in [3.05, 3.63) is 58.2 Å². The minimum atomic E-state index is -1.05. The van der Waals surface area contributed by atoms with Gasteiger partial charge in [-0.15, -0.1) is 0 Å². The van der Waals surface area contributed by atoms with E-state index >= 15 is 0 Å². The van der Waals surface area contributed by atoms with E-state index in [1.165, 1.54) is 17.8 Å². The SMILES string of the molecule is Cc1cccc(CN(C)c2nccc(C(=O)O)c2Cl)c1. The molecule has 0 bridgehead atoms. The molecule has 0 saturated carbocycles. The summed E-state index contributed by atoms with van der Waals surface area (Å²) < 4.78 is 0. The lowest BCUT2D eigenvalue weighted by Crippen LogP contribution is -2.19. The predicted octanol–water partition coefficient (Wildman–Crippen LogP) is 3.38. The first-order valence-corrected chi connectivity index (χ1v) is 6.51. The van der Waals surface area contributed by atoms with Gasteiger partial charge in [0.05, 0.1) is 10.6 Å². The molecule has 0 amide bonds. The fourth-order valence-corrected chi connectivity index (χ4v) is 2.36. The standard InChI is InChI=1S/C15H15ClN2O2/c1-10-4-3-5-11(8-10)9-18(2)14-13(16)12(15(19)20)6-7-17-14/h3-8H,9H2,1-2H3,(H,19,20). The highest BCUT2D eigenvalue weighted by Gasteiger charge is 2.16. The van der Waals surface area contributed by atoms with Crippen molar-refractivity contribution in [1.29, 1.82) is 0 Å². The molecule has 0 radical (unpaired) electrons. The molecule has 1 aromatic carbocycles. The van der Waals surface area contributed by atoms with Crippen molar-refractivity contribution in [2.24, 2.45) is 0 Å². The zero-order valence-electron chi connectivity index (χ0n) is 11.3. The van der Waals surface area contributed by atoms with Crippen LogP contribution in [0.2, 0.25) is 5.02 Å². The third-order valence-corrected chi connectivity index (χ3v) is 3.34. The van der Waals surface area contributed by atoms with Gasteiger partial charge in [0.15, 0.2) is 0 Å². The summed E-state index contributed by atoms with van der Waals surface area (Å²) in [5.41, 5.74) is 2.35. The minimum absolute atomic E-state index is 0.0627. The Hall–Kier alpha value is -2.07. The lowest BCUT2D eigenvalue weighted by Gasteiger charge is -2.20. The smallest absolute Gasteiger partial charge is 0.337 e. The highest BCUT2D eigenvalue weighted by molar-refractivity contribution is 6.35. The number of anilines is 1. The Morgan fingerprint density at radius 3 is 2.80 bits per heavy atom. The van der Waals surface area contributed by atoms with Crippen LogP contribution in [0.1, 0.15) is 21.5 Å². The summed E-state index contributed by atoms with van der Waals surface area (Å²) in [6, 6.07) is 9.50. The summed E-state index contributed by atoms with van der Waals surface area (Å²) in [5, 5.41) is 9.23. The number of aryl methyl sites for hydroxylation is 1. The van der Waals surface area contributed by atoms with Crippen molar-refractivity contribution >= 4 is 23.4 Å². The Morgan fingerprint density at radius 1 is 1.40 bits per heavy atom. The van der Waals surface area contributed by atoms with E-state index in [0.717, 1.165) is 5.56 Å². The number of benzene rings is 1. The second-order valence-corrected chi connectivity index (χ2v) is 5.02. The van der Waals surface area contributed by atoms with E-state index in [9.17, 15) is 4.79 Å². The number of pyridine rings is 1. The lowest BCUT2D eigenvalue weighted by molar-refractivity contribution is 0.0697. The van der Waals surface area contributed by atoms with E-state index < -0.39 is 5.97 Å². The number of hydrogen-bond donors (Lipinski definition) is 1. The zero-order valence-corrected chi connectivity index (χ0v) is 12.1. The van der Waals surface area contributed by atoms with E-state index in [1.54, 1.807) is 0 Å². The Morgan fingerprint density at radius 2 is 2.15 bits per heavy atom. The maximum Gasteiger partial charge on any atom is 0.337 e. The van der Waals surface area contributed by atoms with Gasteiger partial charge in [0.1, 0.15) is 5.82 Å². The molecule has 104 valence electrons. The number of halogens is 1. The average Bonchev–Trinajstić information content (AvgIpc) is 2.38. The molecule has 5 heteroatoms. The maximum absolute atomic E-state index is 11.1. The summed E-state index contributed by atoms with van der Waals surface area (Å²) in [7, 11) is 1.84. The van der Waals surface area contributed by atoms with E-state index in [0.29, 0.717) is 12.4 Å². The van der Waals surface area contributed by atoms with Gasteiger partial charge in [0.2, 0.25) is 0 Å². The molecule has 1 N–H and O–H groups in total. The third-order valence-electron chi connectivity index (χ3n) is 2.97. The van der Waals surface area contributed by atoms with E-state index in [-0.39, 0.29) is 10.6 Å². The molecule has 0 aliphatic rings. The van der Waals surface area contributed by atoms with Crippen LogP contribution in [-0.4, -0.2) is 23.1 Å². The lowest BCUT2D eigenvalue weighted by atomic mass is 10.1. The molecular weight excluding hydrogens is 276 g/mol. The molecule has 0 saturated heterocycles. The first-order valence-electron chi connectivity index (χ1n) is 6.13. The van der Waals surface area contributed by atoms with Crippen LogP contribution < -0.4 is 4.90 Å². The summed E-state index contributed by atoms with van der Waals surface area (Å²) in [6.45, 7) is 2.64. The van der Waals surface area contributed by atoms with Crippen LogP contribution in [0.25, 0.3) is 0 Å². The van der Waals surface area contributed by atoms with Gasteiger partial charge in [-0.05, 0) is 18.6 Å². The second kappa shape index (κ2) is 5.92. The van der Waals surface area contributed by atoms with Crippen LogP contribution in [0.4, 0.5) is 5.82 Å². The quantitative estimate of drug-likeness (QED) is 0.938. The van der Waals surface area contributed by atoms with Gasteiger partial charge in [-0.3, -0.25) is 0 Å². The summed E-state index contributed by atoms with van der Waals surface area (Å²) >= 11 is 6.11. The summed E-state index contributed by atoms with van der Waals surface area (Å²) in [4.78, 5) is 17.1. The van der Waals surface area contributed by atoms with Crippen LogP contribution in [-0.2, 0) is 6.54 Å². The van der Waals surface area contributed by atoms with Gasteiger partial charge < -0.3 is 10.0 Å². The van der Waals surface area contributed by atoms with Crippen LogP contribution in [0.3, 0.4) is 0 Å². The van der Waals surface area contributed by atoms with Crippen molar-refractivity contribution in [1.82, 2.24) is 4.98 Å². The molecule has 1 heterocycles. The molecule has 0 unspecified atom stereocenters.